The molecule has 4 nitrogen and oxygen atoms in total. The van der Waals surface area contributed by atoms with Crippen LogP contribution in [0, 0.1) is 0 Å². The average Bonchev–Trinajstić information content (AvgIpc) is 2.90. The van der Waals surface area contributed by atoms with E-state index < -0.39 is 0 Å². The van der Waals surface area contributed by atoms with Crippen molar-refractivity contribution in [2.24, 2.45) is 0 Å². The second-order valence-corrected chi connectivity index (χ2v) is 10.7. The average molecular weight is 520 g/mol. The second kappa shape index (κ2) is 21.9. The molecule has 1 aromatic carbocycles. The van der Waals surface area contributed by atoms with Gasteiger partial charge >= 0.3 is 0 Å². The summed E-state index contributed by atoms with van der Waals surface area (Å²) in [5, 5.41) is 3.80. The van der Waals surface area contributed by atoms with Crippen LogP contribution < -0.4 is 5.32 Å². The van der Waals surface area contributed by atoms with Crippen LogP contribution in [0.3, 0.4) is 0 Å². The second-order valence-electron chi connectivity index (χ2n) is 10.4. The first kappa shape index (κ1) is 31.1. The van der Waals surface area contributed by atoms with Crippen LogP contribution in [0.25, 0.3) is 0 Å². The van der Waals surface area contributed by atoms with Crippen molar-refractivity contribution in [2.45, 2.75) is 135 Å². The van der Waals surface area contributed by atoms with Crippen LogP contribution in [0.15, 0.2) is 30.3 Å². The third kappa shape index (κ3) is 15.8. The normalized spacial score (nSPS) is 17.7. The van der Waals surface area contributed by atoms with E-state index in [0.29, 0.717) is 18.4 Å². The summed E-state index contributed by atoms with van der Waals surface area (Å²) in [5.41, 5.74) is 1.17. The Balaban J connectivity index is 1.40. The van der Waals surface area contributed by atoms with Crippen molar-refractivity contribution in [1.29, 1.82) is 0 Å². The van der Waals surface area contributed by atoms with Crippen molar-refractivity contribution in [1.82, 2.24) is 5.32 Å². The Morgan fingerprint density at radius 2 is 1.44 bits per heavy atom. The fourth-order valence-electron chi connectivity index (χ4n) is 4.84. The summed E-state index contributed by atoms with van der Waals surface area (Å²) in [6, 6.07) is 10.2. The molecule has 1 saturated heterocycles. The molecule has 5 heteroatoms. The molecule has 1 N–H and O–H groups in total. The van der Waals surface area contributed by atoms with Crippen LogP contribution in [0.5, 0.6) is 0 Å². The van der Waals surface area contributed by atoms with Crippen molar-refractivity contribution < 1.29 is 14.2 Å². The van der Waals surface area contributed by atoms with Gasteiger partial charge in [0.1, 0.15) is 12.2 Å². The Bertz CT molecular complexity index is 642. The maximum absolute atomic E-state index is 6.05. The van der Waals surface area contributed by atoms with Gasteiger partial charge in [-0.25, -0.2) is 0 Å². The van der Waals surface area contributed by atoms with Gasteiger partial charge in [-0.15, -0.1) is 0 Å². The summed E-state index contributed by atoms with van der Waals surface area (Å²) in [5.74, 6) is 0. The molecular formula is C31H53NO3S. The topological polar surface area (TPSA) is 39.7 Å². The summed E-state index contributed by atoms with van der Waals surface area (Å²) < 4.78 is 17.9. The SMILES string of the molecule is CCCCCCCCCCCCCCCCCNC(=S)O[C@H]1CCCO[C@H]1COCc1ccccc1. The lowest BCUT2D eigenvalue weighted by atomic mass is 10.0. The smallest absolute Gasteiger partial charge is 0.256 e. The van der Waals surface area contributed by atoms with Gasteiger partial charge in [0, 0.05) is 13.2 Å². The minimum Gasteiger partial charge on any atom is -0.465 e. The summed E-state index contributed by atoms with van der Waals surface area (Å²) in [7, 11) is 0. The van der Waals surface area contributed by atoms with E-state index in [1.165, 1.54) is 95.5 Å². The van der Waals surface area contributed by atoms with E-state index in [1.807, 2.05) is 18.2 Å². The minimum atomic E-state index is -0.0620. The van der Waals surface area contributed by atoms with Crippen LogP contribution in [0.1, 0.15) is 122 Å². The third-order valence-electron chi connectivity index (χ3n) is 7.08. The van der Waals surface area contributed by atoms with Gasteiger partial charge in [-0.1, -0.05) is 127 Å². The molecule has 0 amide bonds. The maximum atomic E-state index is 6.05. The molecule has 2 rings (SSSR count). The van der Waals surface area contributed by atoms with Gasteiger partial charge in [0.15, 0.2) is 0 Å². The van der Waals surface area contributed by atoms with E-state index >= 15 is 0 Å². The molecule has 2 atom stereocenters. The zero-order chi connectivity index (χ0) is 25.5. The highest BCUT2D eigenvalue weighted by molar-refractivity contribution is 7.80. The predicted molar refractivity (Wildman–Crippen MR) is 155 cm³/mol. The molecule has 1 aliphatic heterocycles. The molecule has 0 bridgehead atoms. The number of hydrogen-bond donors (Lipinski definition) is 1. The number of benzene rings is 1. The molecule has 0 radical (unpaired) electrons. The number of ether oxygens (including phenoxy) is 3. The Labute approximate surface area is 227 Å². The standard InChI is InChI=1S/C31H53NO3S/c1-2-3-4-5-6-7-8-9-10-11-12-13-14-15-19-24-32-31(36)35-29-23-20-25-34-30(29)27-33-26-28-21-17-16-18-22-28/h16-18,21-22,29-30H,2-15,19-20,23-27H2,1H3,(H,32,36)/t29-,30-/m0/s1. The van der Waals surface area contributed by atoms with Crippen LogP contribution in [-0.4, -0.2) is 37.1 Å². The van der Waals surface area contributed by atoms with Gasteiger partial charge in [-0.2, -0.15) is 0 Å². The zero-order valence-corrected chi connectivity index (χ0v) is 23.8. The van der Waals surface area contributed by atoms with E-state index in [0.717, 1.165) is 32.4 Å². The lowest BCUT2D eigenvalue weighted by molar-refractivity contribution is -0.105. The van der Waals surface area contributed by atoms with E-state index in [9.17, 15) is 0 Å². The number of unbranched alkanes of at least 4 members (excludes halogenated alkanes) is 14. The fourth-order valence-corrected chi connectivity index (χ4v) is 5.06. The number of nitrogens with one attached hydrogen (secondary N) is 1. The molecule has 0 aliphatic carbocycles. The first-order chi connectivity index (χ1) is 17.8. The highest BCUT2D eigenvalue weighted by atomic mass is 32.1. The fraction of sp³-hybridized carbons (Fsp3) is 0.774. The molecule has 1 aliphatic rings. The molecule has 1 heterocycles. The molecule has 1 fully saturated rings. The summed E-state index contributed by atoms with van der Waals surface area (Å²) in [6.45, 7) is 5.06. The van der Waals surface area contributed by atoms with Gasteiger partial charge in [-0.05, 0) is 37.0 Å². The quantitative estimate of drug-likeness (QED) is 0.130. The molecule has 36 heavy (non-hydrogen) atoms. The Kier molecular flexibility index (Phi) is 18.9. The maximum Gasteiger partial charge on any atom is 0.256 e. The largest absolute Gasteiger partial charge is 0.465 e. The Hall–Kier alpha value is -1.17. The Morgan fingerprint density at radius 3 is 2.06 bits per heavy atom. The molecule has 0 spiro atoms. The van der Waals surface area contributed by atoms with Crippen molar-refractivity contribution in [3.63, 3.8) is 0 Å². The van der Waals surface area contributed by atoms with E-state index in [-0.39, 0.29) is 12.2 Å². The zero-order valence-electron chi connectivity index (χ0n) is 23.0. The van der Waals surface area contributed by atoms with Gasteiger partial charge in [-0.3, -0.25) is 0 Å². The molecule has 0 aromatic heterocycles. The van der Waals surface area contributed by atoms with Crippen molar-refractivity contribution in [3.05, 3.63) is 35.9 Å². The van der Waals surface area contributed by atoms with Gasteiger partial charge in [0.25, 0.3) is 5.17 Å². The summed E-state index contributed by atoms with van der Waals surface area (Å²) in [6.07, 6.45) is 22.6. The van der Waals surface area contributed by atoms with E-state index in [4.69, 9.17) is 26.4 Å². The van der Waals surface area contributed by atoms with Crippen LogP contribution in [-0.2, 0) is 20.8 Å². The first-order valence-electron chi connectivity index (χ1n) is 15.0. The van der Waals surface area contributed by atoms with E-state index in [2.05, 4.69) is 24.4 Å². The predicted octanol–water partition coefficient (Wildman–Crippen LogP) is 8.51. The van der Waals surface area contributed by atoms with Gasteiger partial charge in [0.05, 0.1) is 13.2 Å². The monoisotopic (exact) mass is 519 g/mol. The minimum absolute atomic E-state index is 0.0319. The molecule has 1 aromatic rings. The van der Waals surface area contributed by atoms with Crippen LogP contribution in [0.4, 0.5) is 0 Å². The van der Waals surface area contributed by atoms with Gasteiger partial charge in [0.2, 0.25) is 0 Å². The molecule has 206 valence electrons. The number of hydrogen-bond acceptors (Lipinski definition) is 4. The first-order valence-corrected chi connectivity index (χ1v) is 15.4. The molecular weight excluding hydrogens is 466 g/mol. The molecule has 0 saturated carbocycles. The summed E-state index contributed by atoms with van der Waals surface area (Å²) in [4.78, 5) is 0. The highest BCUT2D eigenvalue weighted by Crippen LogP contribution is 2.19. The lowest BCUT2D eigenvalue weighted by Crippen LogP contribution is -2.42. The number of rotatable bonds is 21. The van der Waals surface area contributed by atoms with Crippen LogP contribution >= 0.6 is 12.2 Å². The summed E-state index contributed by atoms with van der Waals surface area (Å²) >= 11 is 5.45. The third-order valence-corrected chi connectivity index (χ3v) is 7.32. The van der Waals surface area contributed by atoms with Crippen molar-refractivity contribution >= 4 is 17.4 Å². The van der Waals surface area contributed by atoms with Crippen molar-refractivity contribution in [3.8, 4) is 0 Å². The van der Waals surface area contributed by atoms with Crippen molar-refractivity contribution in [2.75, 3.05) is 19.8 Å². The highest BCUT2D eigenvalue weighted by Gasteiger charge is 2.28. The lowest BCUT2D eigenvalue weighted by Gasteiger charge is -2.32. The Morgan fingerprint density at radius 1 is 0.861 bits per heavy atom. The number of thiocarbonyl (C=S) groups is 1. The molecule has 0 unspecified atom stereocenters. The van der Waals surface area contributed by atoms with Crippen LogP contribution in [0.2, 0.25) is 0 Å². The van der Waals surface area contributed by atoms with E-state index in [1.54, 1.807) is 0 Å². The van der Waals surface area contributed by atoms with Gasteiger partial charge < -0.3 is 19.5 Å².